The Bertz CT molecular complexity index is 624. The van der Waals surface area contributed by atoms with E-state index in [0.29, 0.717) is 11.5 Å². The molecule has 0 saturated heterocycles. The van der Waals surface area contributed by atoms with Crippen molar-refractivity contribution in [3.05, 3.63) is 48.5 Å². The minimum absolute atomic E-state index is 0.0530. The molecular weight excluding hydrogens is 280 g/mol. The van der Waals surface area contributed by atoms with E-state index in [1.165, 1.54) is 0 Å². The molecule has 0 spiro atoms. The quantitative estimate of drug-likeness (QED) is 0.891. The van der Waals surface area contributed by atoms with Crippen LogP contribution < -0.4 is 19.7 Å². The number of carbonyl (C=O) groups is 1. The van der Waals surface area contributed by atoms with Crippen LogP contribution in [0.5, 0.6) is 11.5 Å². The molecule has 1 amide bonds. The SMILES string of the molecule is COc1cccc(OCC(=O)Nc2ccc(N(C)C)cc2)c1. The minimum Gasteiger partial charge on any atom is -0.497 e. The Kier molecular flexibility index (Phi) is 5.25. The van der Waals surface area contributed by atoms with Gasteiger partial charge in [0.1, 0.15) is 11.5 Å². The maximum atomic E-state index is 11.9. The van der Waals surface area contributed by atoms with Crippen LogP contribution >= 0.6 is 0 Å². The molecule has 1 N–H and O–H groups in total. The van der Waals surface area contributed by atoms with E-state index in [1.807, 2.05) is 55.4 Å². The van der Waals surface area contributed by atoms with Crippen LogP contribution in [0.25, 0.3) is 0 Å². The van der Waals surface area contributed by atoms with E-state index >= 15 is 0 Å². The monoisotopic (exact) mass is 300 g/mol. The summed E-state index contributed by atoms with van der Waals surface area (Å²) >= 11 is 0. The van der Waals surface area contributed by atoms with Crippen molar-refractivity contribution >= 4 is 17.3 Å². The number of nitrogens with one attached hydrogen (secondary N) is 1. The first-order chi connectivity index (χ1) is 10.6. The van der Waals surface area contributed by atoms with E-state index in [2.05, 4.69) is 5.32 Å². The average molecular weight is 300 g/mol. The van der Waals surface area contributed by atoms with Gasteiger partial charge in [-0.2, -0.15) is 0 Å². The molecule has 0 saturated carbocycles. The molecule has 5 nitrogen and oxygen atoms in total. The molecule has 0 atom stereocenters. The molecule has 0 aromatic heterocycles. The maximum Gasteiger partial charge on any atom is 0.262 e. The second kappa shape index (κ2) is 7.36. The van der Waals surface area contributed by atoms with E-state index in [-0.39, 0.29) is 12.5 Å². The number of methoxy groups -OCH3 is 1. The Hall–Kier alpha value is -2.69. The van der Waals surface area contributed by atoms with Gasteiger partial charge in [-0.25, -0.2) is 0 Å². The van der Waals surface area contributed by atoms with Crippen molar-refractivity contribution in [1.82, 2.24) is 0 Å². The van der Waals surface area contributed by atoms with Crippen LogP contribution in [-0.2, 0) is 4.79 Å². The third-order valence-electron chi connectivity index (χ3n) is 3.08. The highest BCUT2D eigenvalue weighted by Gasteiger charge is 2.05. The van der Waals surface area contributed by atoms with E-state index in [0.717, 1.165) is 11.4 Å². The highest BCUT2D eigenvalue weighted by molar-refractivity contribution is 5.92. The molecule has 0 bridgehead atoms. The Morgan fingerprint density at radius 1 is 1.09 bits per heavy atom. The number of benzene rings is 2. The van der Waals surface area contributed by atoms with E-state index < -0.39 is 0 Å². The summed E-state index contributed by atoms with van der Waals surface area (Å²) in [7, 11) is 5.52. The largest absolute Gasteiger partial charge is 0.497 e. The van der Waals surface area contributed by atoms with Gasteiger partial charge in [-0.15, -0.1) is 0 Å². The predicted molar refractivity (Wildman–Crippen MR) is 87.9 cm³/mol. The topological polar surface area (TPSA) is 50.8 Å². The maximum absolute atomic E-state index is 11.9. The summed E-state index contributed by atoms with van der Waals surface area (Å²) in [6, 6.07) is 14.8. The van der Waals surface area contributed by atoms with E-state index in [4.69, 9.17) is 9.47 Å². The molecule has 0 fully saturated rings. The highest BCUT2D eigenvalue weighted by atomic mass is 16.5. The molecular formula is C17H20N2O3. The van der Waals surface area contributed by atoms with E-state index in [9.17, 15) is 4.79 Å². The van der Waals surface area contributed by atoms with Crippen LogP contribution in [0.3, 0.4) is 0 Å². The zero-order valence-corrected chi connectivity index (χ0v) is 13.0. The standard InChI is InChI=1S/C17H20N2O3/c1-19(2)14-9-7-13(8-10-14)18-17(20)12-22-16-6-4-5-15(11-16)21-3/h4-11H,12H2,1-3H3,(H,18,20). The number of rotatable bonds is 6. The molecule has 0 unspecified atom stereocenters. The van der Waals surface area contributed by atoms with Gasteiger partial charge in [0, 0.05) is 31.5 Å². The van der Waals surface area contributed by atoms with Crippen LogP contribution in [0.1, 0.15) is 0 Å². The first-order valence-electron chi connectivity index (χ1n) is 6.92. The van der Waals surface area contributed by atoms with Crippen molar-refractivity contribution in [2.75, 3.05) is 38.0 Å². The smallest absolute Gasteiger partial charge is 0.262 e. The van der Waals surface area contributed by atoms with Gasteiger partial charge >= 0.3 is 0 Å². The average Bonchev–Trinajstić information content (AvgIpc) is 2.53. The lowest BCUT2D eigenvalue weighted by atomic mass is 10.2. The van der Waals surface area contributed by atoms with Crippen molar-refractivity contribution in [3.63, 3.8) is 0 Å². The lowest BCUT2D eigenvalue weighted by Gasteiger charge is -2.13. The Morgan fingerprint density at radius 3 is 2.41 bits per heavy atom. The summed E-state index contributed by atoms with van der Waals surface area (Å²) in [6.45, 7) is -0.0530. The number of amides is 1. The summed E-state index contributed by atoms with van der Waals surface area (Å²) in [4.78, 5) is 13.9. The van der Waals surface area contributed by atoms with E-state index in [1.54, 1.807) is 19.2 Å². The zero-order valence-electron chi connectivity index (χ0n) is 13.0. The highest BCUT2D eigenvalue weighted by Crippen LogP contribution is 2.19. The number of anilines is 2. The van der Waals surface area contributed by atoms with Crippen LogP contribution in [0.15, 0.2) is 48.5 Å². The predicted octanol–water partition coefficient (Wildman–Crippen LogP) is 2.78. The Labute approximate surface area is 130 Å². The zero-order chi connectivity index (χ0) is 15.9. The van der Waals surface area contributed by atoms with Gasteiger partial charge in [0.2, 0.25) is 0 Å². The fourth-order valence-corrected chi connectivity index (χ4v) is 1.88. The molecule has 2 aromatic rings. The normalized spacial score (nSPS) is 9.95. The van der Waals surface area contributed by atoms with Crippen molar-refractivity contribution in [3.8, 4) is 11.5 Å². The number of hydrogen-bond acceptors (Lipinski definition) is 4. The molecule has 22 heavy (non-hydrogen) atoms. The molecule has 116 valence electrons. The van der Waals surface area contributed by atoms with Gasteiger partial charge < -0.3 is 19.7 Å². The summed E-state index contributed by atoms with van der Waals surface area (Å²) in [5.41, 5.74) is 1.82. The lowest BCUT2D eigenvalue weighted by Crippen LogP contribution is -2.20. The van der Waals surface area contributed by atoms with Gasteiger partial charge in [0.15, 0.2) is 6.61 Å². The van der Waals surface area contributed by atoms with Gasteiger partial charge in [-0.1, -0.05) is 6.07 Å². The summed E-state index contributed by atoms with van der Waals surface area (Å²) in [6.07, 6.45) is 0. The van der Waals surface area contributed by atoms with Crippen molar-refractivity contribution in [1.29, 1.82) is 0 Å². The van der Waals surface area contributed by atoms with Crippen molar-refractivity contribution in [2.45, 2.75) is 0 Å². The molecule has 2 rings (SSSR count). The summed E-state index contributed by atoms with van der Waals surface area (Å²) in [5.74, 6) is 1.08. The summed E-state index contributed by atoms with van der Waals surface area (Å²) < 4.78 is 10.5. The molecule has 0 aliphatic heterocycles. The molecule has 2 aromatic carbocycles. The lowest BCUT2D eigenvalue weighted by molar-refractivity contribution is -0.118. The van der Waals surface area contributed by atoms with Crippen LogP contribution in [0, 0.1) is 0 Å². The Balaban J connectivity index is 1.87. The minimum atomic E-state index is -0.208. The molecule has 0 radical (unpaired) electrons. The molecule has 0 heterocycles. The second-order valence-electron chi connectivity index (χ2n) is 4.96. The van der Waals surface area contributed by atoms with Crippen molar-refractivity contribution in [2.24, 2.45) is 0 Å². The van der Waals surface area contributed by atoms with Crippen LogP contribution in [0.4, 0.5) is 11.4 Å². The first kappa shape index (κ1) is 15.7. The molecule has 5 heteroatoms. The third-order valence-corrected chi connectivity index (χ3v) is 3.08. The fourth-order valence-electron chi connectivity index (χ4n) is 1.88. The number of hydrogen-bond donors (Lipinski definition) is 1. The van der Waals surface area contributed by atoms with Gasteiger partial charge in [0.05, 0.1) is 7.11 Å². The summed E-state index contributed by atoms with van der Waals surface area (Å²) in [5, 5.41) is 2.79. The number of ether oxygens (including phenoxy) is 2. The number of nitrogens with zero attached hydrogens (tertiary/aromatic N) is 1. The fraction of sp³-hybridized carbons (Fsp3) is 0.235. The van der Waals surface area contributed by atoms with Gasteiger partial charge in [0.25, 0.3) is 5.91 Å². The van der Waals surface area contributed by atoms with Gasteiger partial charge in [-0.05, 0) is 36.4 Å². The molecule has 0 aliphatic carbocycles. The second-order valence-corrected chi connectivity index (χ2v) is 4.96. The van der Waals surface area contributed by atoms with Gasteiger partial charge in [-0.3, -0.25) is 4.79 Å². The Morgan fingerprint density at radius 2 is 1.77 bits per heavy atom. The number of carbonyl (C=O) groups excluding carboxylic acids is 1. The first-order valence-corrected chi connectivity index (χ1v) is 6.92. The van der Waals surface area contributed by atoms with Crippen LogP contribution in [-0.4, -0.2) is 33.7 Å². The van der Waals surface area contributed by atoms with Crippen LogP contribution in [0.2, 0.25) is 0 Å². The van der Waals surface area contributed by atoms with Crippen molar-refractivity contribution < 1.29 is 14.3 Å². The third kappa shape index (κ3) is 4.41. The molecule has 0 aliphatic rings.